The molecule has 0 aliphatic carbocycles. The van der Waals surface area contributed by atoms with Crippen LogP contribution in [0.1, 0.15) is 28.4 Å². The van der Waals surface area contributed by atoms with E-state index in [2.05, 4.69) is 0 Å². The molecule has 0 saturated carbocycles. The second kappa shape index (κ2) is 7.86. The van der Waals surface area contributed by atoms with Crippen LogP contribution in [0.3, 0.4) is 0 Å². The van der Waals surface area contributed by atoms with Crippen molar-refractivity contribution in [2.45, 2.75) is 20.0 Å². The monoisotopic (exact) mass is 411 g/mol. The number of nitro benzene ring substituents is 1. The molecule has 0 atom stereocenters. The number of nitrogens with zero attached hydrogens (tertiary/aromatic N) is 1. The van der Waals surface area contributed by atoms with E-state index in [1.807, 2.05) is 13.0 Å². The van der Waals surface area contributed by atoms with Crippen LogP contribution in [0.4, 0.5) is 5.69 Å². The minimum atomic E-state index is -0.912. The third-order valence-corrected chi connectivity index (χ3v) is 4.74. The summed E-state index contributed by atoms with van der Waals surface area (Å²) in [5.41, 5.74) is 0.536. The maximum atomic E-state index is 12.6. The first-order valence-corrected chi connectivity index (χ1v) is 9.27. The molecule has 0 bridgehead atoms. The van der Waals surface area contributed by atoms with Gasteiger partial charge in [0.15, 0.2) is 11.5 Å². The Morgan fingerprint density at radius 1 is 1.13 bits per heavy atom. The lowest BCUT2D eigenvalue weighted by Gasteiger charge is -2.18. The third kappa shape index (κ3) is 3.69. The molecule has 1 aromatic heterocycles. The van der Waals surface area contributed by atoms with E-state index in [9.17, 15) is 19.7 Å². The van der Waals surface area contributed by atoms with Gasteiger partial charge in [0.2, 0.25) is 0 Å². The van der Waals surface area contributed by atoms with Crippen molar-refractivity contribution in [3.8, 4) is 11.5 Å². The maximum Gasteiger partial charge on any atom is 0.345 e. The van der Waals surface area contributed by atoms with Gasteiger partial charge in [0.25, 0.3) is 5.69 Å². The molecule has 9 heteroatoms. The van der Waals surface area contributed by atoms with Crippen molar-refractivity contribution < 1.29 is 28.3 Å². The van der Waals surface area contributed by atoms with Gasteiger partial charge in [-0.25, -0.2) is 9.59 Å². The Morgan fingerprint density at radius 3 is 2.57 bits per heavy atom. The van der Waals surface area contributed by atoms with Gasteiger partial charge in [-0.2, -0.15) is 0 Å². The first-order valence-electron chi connectivity index (χ1n) is 9.27. The summed E-state index contributed by atoms with van der Waals surface area (Å²) >= 11 is 0. The summed E-state index contributed by atoms with van der Waals surface area (Å²) in [6, 6.07) is 9.04. The number of carbonyl (C=O) groups is 1. The van der Waals surface area contributed by atoms with E-state index in [0.29, 0.717) is 16.5 Å². The second-order valence-electron chi connectivity index (χ2n) is 6.62. The van der Waals surface area contributed by atoms with Crippen molar-refractivity contribution >= 4 is 22.6 Å². The van der Waals surface area contributed by atoms with E-state index < -0.39 is 22.2 Å². The molecule has 0 spiro atoms. The first kappa shape index (κ1) is 19.4. The minimum absolute atomic E-state index is 0.197. The molecular formula is C21H17NO8. The Morgan fingerprint density at radius 2 is 1.87 bits per heavy atom. The summed E-state index contributed by atoms with van der Waals surface area (Å²) in [5, 5.41) is 12.0. The highest BCUT2D eigenvalue weighted by atomic mass is 16.6. The quantitative estimate of drug-likeness (QED) is 0.271. The number of benzene rings is 2. The fraction of sp³-hybridized carbons (Fsp3) is 0.238. The molecule has 4 rings (SSSR count). The van der Waals surface area contributed by atoms with Crippen LogP contribution >= 0.6 is 0 Å². The summed E-state index contributed by atoms with van der Waals surface area (Å²) in [4.78, 5) is 35.2. The smallest absolute Gasteiger partial charge is 0.345 e. The highest BCUT2D eigenvalue weighted by Gasteiger charge is 2.27. The zero-order chi connectivity index (χ0) is 21.3. The fourth-order valence-corrected chi connectivity index (χ4v) is 3.23. The summed E-state index contributed by atoms with van der Waals surface area (Å²) in [7, 11) is 0. The van der Waals surface area contributed by atoms with Crippen molar-refractivity contribution in [2.75, 3.05) is 13.2 Å². The topological polar surface area (TPSA) is 118 Å². The SMILES string of the molecule is CCc1ccc2c(COC(=O)c3cc4c(cc3[N+](=O)[O-])OCCO4)cc(=O)oc2c1. The molecule has 2 aromatic carbocycles. The number of esters is 1. The number of aryl methyl sites for hydroxylation is 1. The molecule has 0 N–H and O–H groups in total. The van der Waals surface area contributed by atoms with Crippen molar-refractivity contribution in [2.24, 2.45) is 0 Å². The summed E-state index contributed by atoms with van der Waals surface area (Å²) < 4.78 is 21.3. The van der Waals surface area contributed by atoms with Crippen LogP contribution in [-0.2, 0) is 17.8 Å². The van der Waals surface area contributed by atoms with Gasteiger partial charge in [-0.15, -0.1) is 0 Å². The molecule has 1 aliphatic rings. The number of nitro groups is 1. The van der Waals surface area contributed by atoms with Gasteiger partial charge >= 0.3 is 11.6 Å². The Kier molecular flexibility index (Phi) is 5.09. The Balaban J connectivity index is 1.64. The zero-order valence-electron chi connectivity index (χ0n) is 16.0. The second-order valence-corrected chi connectivity index (χ2v) is 6.62. The molecule has 2 heterocycles. The van der Waals surface area contributed by atoms with Gasteiger partial charge in [0.05, 0.1) is 11.0 Å². The molecule has 3 aromatic rings. The van der Waals surface area contributed by atoms with Crippen molar-refractivity contribution in [3.05, 3.63) is 73.6 Å². The predicted molar refractivity (Wildman–Crippen MR) is 105 cm³/mol. The average Bonchev–Trinajstić information content (AvgIpc) is 2.75. The molecule has 0 unspecified atom stereocenters. The van der Waals surface area contributed by atoms with Crippen LogP contribution in [0.5, 0.6) is 11.5 Å². The van der Waals surface area contributed by atoms with E-state index >= 15 is 0 Å². The van der Waals surface area contributed by atoms with E-state index in [1.54, 1.807) is 12.1 Å². The standard InChI is InChI=1S/C21H17NO8/c1-2-12-3-4-14-13(8-20(23)30-17(14)7-12)11-29-21(24)15-9-18-19(28-6-5-27-18)10-16(15)22(25)26/h3-4,7-10H,2,5-6,11H2,1H3. The van der Waals surface area contributed by atoms with Crippen LogP contribution in [-0.4, -0.2) is 24.1 Å². The lowest BCUT2D eigenvalue weighted by atomic mass is 10.1. The Hall–Kier alpha value is -3.88. The van der Waals surface area contributed by atoms with Crippen molar-refractivity contribution in [1.29, 1.82) is 0 Å². The number of carbonyl (C=O) groups excluding carboxylic acids is 1. The molecule has 0 fully saturated rings. The molecule has 0 saturated heterocycles. The zero-order valence-corrected chi connectivity index (χ0v) is 16.0. The third-order valence-electron chi connectivity index (χ3n) is 4.74. The highest BCUT2D eigenvalue weighted by molar-refractivity contribution is 5.95. The summed E-state index contributed by atoms with van der Waals surface area (Å²) in [6.07, 6.45) is 0.770. The van der Waals surface area contributed by atoms with E-state index in [0.717, 1.165) is 18.1 Å². The van der Waals surface area contributed by atoms with Gasteiger partial charge in [0, 0.05) is 23.1 Å². The average molecular weight is 411 g/mol. The van der Waals surface area contributed by atoms with Gasteiger partial charge in [-0.05, 0) is 18.1 Å². The maximum absolute atomic E-state index is 12.6. The number of rotatable bonds is 5. The molecule has 9 nitrogen and oxygen atoms in total. The van der Waals surface area contributed by atoms with Crippen LogP contribution in [0.2, 0.25) is 0 Å². The van der Waals surface area contributed by atoms with Crippen molar-refractivity contribution in [3.63, 3.8) is 0 Å². The Labute approximate surface area is 169 Å². The number of fused-ring (bicyclic) bond motifs is 2. The lowest BCUT2D eigenvalue weighted by molar-refractivity contribution is -0.385. The van der Waals surface area contributed by atoms with Gasteiger partial charge in [0.1, 0.15) is 31.0 Å². The molecule has 1 aliphatic heterocycles. The van der Waals surface area contributed by atoms with Crippen LogP contribution < -0.4 is 15.1 Å². The summed E-state index contributed by atoms with van der Waals surface area (Å²) in [5.74, 6) is -0.482. The fourth-order valence-electron chi connectivity index (χ4n) is 3.23. The molecular weight excluding hydrogens is 394 g/mol. The molecule has 154 valence electrons. The normalized spacial score (nSPS) is 12.6. The largest absolute Gasteiger partial charge is 0.486 e. The van der Waals surface area contributed by atoms with Crippen LogP contribution in [0.25, 0.3) is 11.0 Å². The predicted octanol–water partition coefficient (Wildman–Crippen LogP) is 3.39. The minimum Gasteiger partial charge on any atom is -0.486 e. The molecule has 0 amide bonds. The Bertz CT molecular complexity index is 1210. The highest BCUT2D eigenvalue weighted by Crippen LogP contribution is 2.37. The number of hydrogen-bond donors (Lipinski definition) is 0. The van der Waals surface area contributed by atoms with Gasteiger partial charge < -0.3 is 18.6 Å². The summed E-state index contributed by atoms with van der Waals surface area (Å²) in [6.45, 7) is 2.26. The first-order chi connectivity index (χ1) is 14.5. The van der Waals surface area contributed by atoms with Crippen LogP contribution in [0.15, 0.2) is 45.6 Å². The van der Waals surface area contributed by atoms with Crippen LogP contribution in [0, 0.1) is 10.1 Å². The number of hydrogen-bond acceptors (Lipinski definition) is 8. The van der Waals surface area contributed by atoms with E-state index in [1.165, 1.54) is 12.1 Å². The van der Waals surface area contributed by atoms with Gasteiger partial charge in [-0.3, -0.25) is 10.1 Å². The number of ether oxygens (including phenoxy) is 3. The molecule has 30 heavy (non-hydrogen) atoms. The van der Waals surface area contributed by atoms with E-state index in [-0.39, 0.29) is 36.9 Å². The molecule has 0 radical (unpaired) electrons. The van der Waals surface area contributed by atoms with Crippen molar-refractivity contribution in [1.82, 2.24) is 0 Å². The van der Waals surface area contributed by atoms with Gasteiger partial charge in [-0.1, -0.05) is 19.1 Å². The lowest BCUT2D eigenvalue weighted by Crippen LogP contribution is -2.17. The van der Waals surface area contributed by atoms with E-state index in [4.69, 9.17) is 18.6 Å².